The van der Waals surface area contributed by atoms with Crippen molar-refractivity contribution >= 4 is 17.7 Å². The summed E-state index contributed by atoms with van der Waals surface area (Å²) in [6.45, 7) is 2.07. The lowest BCUT2D eigenvalue weighted by molar-refractivity contribution is -0.119. The first-order chi connectivity index (χ1) is 11.2. The van der Waals surface area contributed by atoms with E-state index in [4.69, 9.17) is 0 Å². The SMILES string of the molecule is C[C@@H](NC(=O)CSCc1ccccc1)c1ccc2c(c1)CCC2. The average molecular weight is 325 g/mol. The number of nitrogens with one attached hydrogen (secondary N) is 1. The monoisotopic (exact) mass is 325 g/mol. The number of carbonyl (C=O) groups excluding carboxylic acids is 1. The molecule has 3 rings (SSSR count). The first kappa shape index (κ1) is 16.1. The molecule has 2 nitrogen and oxygen atoms in total. The van der Waals surface area contributed by atoms with Crippen molar-refractivity contribution in [2.24, 2.45) is 0 Å². The molecule has 3 heteroatoms. The van der Waals surface area contributed by atoms with E-state index >= 15 is 0 Å². The molecular weight excluding hydrogens is 302 g/mol. The summed E-state index contributed by atoms with van der Waals surface area (Å²) in [4.78, 5) is 12.1. The Balaban J connectivity index is 1.47. The van der Waals surface area contributed by atoms with Gasteiger partial charge < -0.3 is 5.32 Å². The summed E-state index contributed by atoms with van der Waals surface area (Å²) >= 11 is 1.66. The molecular formula is C20H23NOS. The van der Waals surface area contributed by atoms with E-state index in [1.54, 1.807) is 11.8 Å². The third kappa shape index (κ3) is 4.38. The lowest BCUT2D eigenvalue weighted by atomic mass is 10.0. The predicted octanol–water partition coefficient (Wildman–Crippen LogP) is 4.29. The second kappa shape index (κ2) is 7.69. The fraction of sp³-hybridized carbons (Fsp3) is 0.350. The summed E-state index contributed by atoms with van der Waals surface area (Å²) in [6.07, 6.45) is 3.64. The number of hydrogen-bond acceptors (Lipinski definition) is 2. The van der Waals surface area contributed by atoms with Crippen molar-refractivity contribution in [2.75, 3.05) is 5.75 Å². The molecule has 1 aliphatic carbocycles. The zero-order chi connectivity index (χ0) is 16.1. The van der Waals surface area contributed by atoms with Crippen molar-refractivity contribution < 1.29 is 4.79 Å². The molecule has 0 aromatic heterocycles. The molecule has 0 heterocycles. The van der Waals surface area contributed by atoms with Crippen LogP contribution in [0.15, 0.2) is 48.5 Å². The van der Waals surface area contributed by atoms with Gasteiger partial charge in [0, 0.05) is 5.75 Å². The topological polar surface area (TPSA) is 29.1 Å². The molecule has 2 aromatic carbocycles. The van der Waals surface area contributed by atoms with Crippen molar-refractivity contribution in [3.05, 3.63) is 70.8 Å². The molecule has 120 valence electrons. The molecule has 0 spiro atoms. The summed E-state index contributed by atoms with van der Waals surface area (Å²) in [5.74, 6) is 1.49. The number of fused-ring (bicyclic) bond motifs is 1. The van der Waals surface area contributed by atoms with E-state index in [9.17, 15) is 4.79 Å². The molecule has 2 aromatic rings. The smallest absolute Gasteiger partial charge is 0.230 e. The van der Waals surface area contributed by atoms with Crippen molar-refractivity contribution in [3.8, 4) is 0 Å². The second-order valence-corrected chi connectivity index (χ2v) is 7.13. The summed E-state index contributed by atoms with van der Waals surface area (Å²) in [5, 5.41) is 3.11. The molecule has 1 amide bonds. The maximum Gasteiger partial charge on any atom is 0.230 e. The Labute approximate surface area is 142 Å². The van der Waals surface area contributed by atoms with Gasteiger partial charge in [-0.15, -0.1) is 11.8 Å². The fourth-order valence-electron chi connectivity index (χ4n) is 3.06. The lowest BCUT2D eigenvalue weighted by Crippen LogP contribution is -2.28. The minimum atomic E-state index is 0.0747. The van der Waals surface area contributed by atoms with Crippen LogP contribution in [-0.4, -0.2) is 11.7 Å². The standard InChI is InChI=1S/C20H23NOS/c1-15(18-11-10-17-8-5-9-19(17)12-18)21-20(22)14-23-13-16-6-3-2-4-7-16/h2-4,6-7,10-12,15H,5,8-9,13-14H2,1H3,(H,21,22)/t15-/m1/s1. The molecule has 0 saturated heterocycles. The predicted molar refractivity (Wildman–Crippen MR) is 97.6 cm³/mol. The van der Waals surface area contributed by atoms with Gasteiger partial charge in [0.1, 0.15) is 0 Å². The van der Waals surface area contributed by atoms with E-state index in [-0.39, 0.29) is 11.9 Å². The molecule has 0 aliphatic heterocycles. The van der Waals surface area contributed by atoms with Crippen LogP contribution < -0.4 is 5.32 Å². The van der Waals surface area contributed by atoms with Crippen molar-refractivity contribution in [1.29, 1.82) is 0 Å². The van der Waals surface area contributed by atoms with E-state index in [0.29, 0.717) is 5.75 Å². The number of thioether (sulfide) groups is 1. The second-order valence-electron chi connectivity index (χ2n) is 6.15. The third-order valence-corrected chi connectivity index (χ3v) is 5.35. The van der Waals surface area contributed by atoms with Gasteiger partial charge in [-0.2, -0.15) is 0 Å². The molecule has 0 bridgehead atoms. The molecule has 0 fully saturated rings. The van der Waals surface area contributed by atoms with Crippen LogP contribution in [0.4, 0.5) is 0 Å². The highest BCUT2D eigenvalue weighted by Crippen LogP contribution is 2.25. The van der Waals surface area contributed by atoms with Crippen molar-refractivity contribution in [1.82, 2.24) is 5.32 Å². The van der Waals surface area contributed by atoms with Gasteiger partial charge in [-0.05, 0) is 48.4 Å². The van der Waals surface area contributed by atoms with E-state index in [1.807, 2.05) is 18.2 Å². The Bertz CT molecular complexity index is 669. The summed E-state index contributed by atoms with van der Waals surface area (Å²) < 4.78 is 0. The number of benzene rings is 2. The maximum absolute atomic E-state index is 12.1. The summed E-state index contributed by atoms with van der Waals surface area (Å²) in [5.41, 5.74) is 5.41. The van der Waals surface area contributed by atoms with Crippen molar-refractivity contribution in [3.63, 3.8) is 0 Å². The van der Waals surface area contributed by atoms with E-state index in [0.717, 1.165) is 5.75 Å². The minimum absolute atomic E-state index is 0.0747. The lowest BCUT2D eigenvalue weighted by Gasteiger charge is -2.15. The molecule has 1 atom stereocenters. The van der Waals surface area contributed by atoms with Crippen LogP contribution in [0.25, 0.3) is 0 Å². The van der Waals surface area contributed by atoms with Crippen LogP contribution in [0.1, 0.15) is 41.6 Å². The van der Waals surface area contributed by atoms with Crippen LogP contribution in [0.5, 0.6) is 0 Å². The van der Waals surface area contributed by atoms with Gasteiger partial charge in [-0.3, -0.25) is 4.79 Å². The maximum atomic E-state index is 12.1. The number of hydrogen-bond donors (Lipinski definition) is 1. The number of rotatable bonds is 6. The highest BCUT2D eigenvalue weighted by Gasteiger charge is 2.14. The Morgan fingerprint density at radius 3 is 2.74 bits per heavy atom. The highest BCUT2D eigenvalue weighted by atomic mass is 32.2. The van der Waals surface area contributed by atoms with Gasteiger partial charge in [0.2, 0.25) is 5.91 Å². The minimum Gasteiger partial charge on any atom is -0.349 e. The highest BCUT2D eigenvalue weighted by molar-refractivity contribution is 7.99. The van der Waals surface area contributed by atoms with E-state index in [1.165, 1.54) is 41.5 Å². The quantitative estimate of drug-likeness (QED) is 0.858. The Hall–Kier alpha value is -1.74. The largest absolute Gasteiger partial charge is 0.349 e. The summed E-state index contributed by atoms with van der Waals surface area (Å²) in [6, 6.07) is 17.0. The van der Waals surface area contributed by atoms with Gasteiger partial charge >= 0.3 is 0 Å². The van der Waals surface area contributed by atoms with Gasteiger partial charge in [-0.25, -0.2) is 0 Å². The van der Waals surface area contributed by atoms with Crippen LogP contribution in [0.2, 0.25) is 0 Å². The van der Waals surface area contributed by atoms with Crippen LogP contribution in [0.3, 0.4) is 0 Å². The van der Waals surface area contributed by atoms with Gasteiger partial charge in [0.15, 0.2) is 0 Å². The third-order valence-electron chi connectivity index (χ3n) is 4.34. The molecule has 23 heavy (non-hydrogen) atoms. The van der Waals surface area contributed by atoms with Gasteiger partial charge in [-0.1, -0.05) is 48.5 Å². The summed E-state index contributed by atoms with van der Waals surface area (Å²) in [7, 11) is 0. The average Bonchev–Trinajstić information content (AvgIpc) is 3.03. The zero-order valence-corrected chi connectivity index (χ0v) is 14.4. The fourth-order valence-corrected chi connectivity index (χ4v) is 3.86. The van der Waals surface area contributed by atoms with Crippen LogP contribution in [-0.2, 0) is 23.4 Å². The molecule has 0 saturated carbocycles. The number of amides is 1. The Morgan fingerprint density at radius 2 is 1.91 bits per heavy atom. The zero-order valence-electron chi connectivity index (χ0n) is 13.5. The van der Waals surface area contributed by atoms with Crippen LogP contribution >= 0.6 is 11.8 Å². The number of aryl methyl sites for hydroxylation is 2. The number of carbonyl (C=O) groups is 1. The van der Waals surface area contributed by atoms with E-state index in [2.05, 4.69) is 42.6 Å². The first-order valence-electron chi connectivity index (χ1n) is 8.25. The Kier molecular flexibility index (Phi) is 5.39. The molecule has 1 aliphatic rings. The van der Waals surface area contributed by atoms with Gasteiger partial charge in [0.05, 0.1) is 11.8 Å². The van der Waals surface area contributed by atoms with Crippen molar-refractivity contribution in [2.45, 2.75) is 38.0 Å². The first-order valence-corrected chi connectivity index (χ1v) is 9.40. The van der Waals surface area contributed by atoms with E-state index < -0.39 is 0 Å². The Morgan fingerprint density at radius 1 is 1.13 bits per heavy atom. The molecule has 1 N–H and O–H groups in total. The normalized spacial score (nSPS) is 14.3. The van der Waals surface area contributed by atoms with Crippen LogP contribution in [0, 0.1) is 0 Å². The molecule has 0 unspecified atom stereocenters. The molecule has 0 radical (unpaired) electrons. The van der Waals surface area contributed by atoms with Gasteiger partial charge in [0.25, 0.3) is 0 Å².